The fourth-order valence-corrected chi connectivity index (χ4v) is 2.40. The number of rotatable bonds is 3. The van der Waals surface area contributed by atoms with E-state index >= 15 is 0 Å². The van der Waals surface area contributed by atoms with Crippen molar-refractivity contribution >= 4 is 28.7 Å². The molecule has 0 atom stereocenters. The molecule has 1 saturated carbocycles. The van der Waals surface area contributed by atoms with Crippen LogP contribution in [0.2, 0.25) is 5.02 Å². The van der Waals surface area contributed by atoms with Gasteiger partial charge in [-0.05, 0) is 43.0 Å². The van der Waals surface area contributed by atoms with Crippen LogP contribution in [0.5, 0.6) is 0 Å². The zero-order valence-electron chi connectivity index (χ0n) is 9.94. The summed E-state index contributed by atoms with van der Waals surface area (Å²) in [5, 5.41) is 4.64. The standard InChI is InChI=1S/C14H12ClNOS/c1-8-6-10(4-5-12(8)15)14(18)11-7-16-17-13(11)9-2-3-9/h4-7,9H,2-3H2,1H3. The van der Waals surface area contributed by atoms with Crippen LogP contribution in [0.15, 0.2) is 28.9 Å². The molecule has 0 amide bonds. The highest BCUT2D eigenvalue weighted by atomic mass is 35.5. The second-order valence-electron chi connectivity index (χ2n) is 4.67. The molecular weight excluding hydrogens is 266 g/mol. The summed E-state index contributed by atoms with van der Waals surface area (Å²) in [5.41, 5.74) is 2.98. The second-order valence-corrected chi connectivity index (χ2v) is 5.49. The number of nitrogens with zero attached hydrogens (tertiary/aromatic N) is 1. The summed E-state index contributed by atoms with van der Waals surface area (Å²) in [7, 11) is 0. The Labute approximate surface area is 116 Å². The lowest BCUT2D eigenvalue weighted by Gasteiger charge is -2.05. The van der Waals surface area contributed by atoms with E-state index in [9.17, 15) is 0 Å². The molecule has 18 heavy (non-hydrogen) atoms. The van der Waals surface area contributed by atoms with Crippen LogP contribution in [0.4, 0.5) is 0 Å². The molecule has 0 bridgehead atoms. The van der Waals surface area contributed by atoms with Gasteiger partial charge in [0, 0.05) is 10.9 Å². The van der Waals surface area contributed by atoms with Crippen LogP contribution < -0.4 is 0 Å². The first kappa shape index (κ1) is 11.9. The third-order valence-corrected chi connectivity index (χ3v) is 4.09. The maximum atomic E-state index is 6.03. The number of thiocarbonyl (C=S) groups is 1. The molecule has 1 aromatic heterocycles. The van der Waals surface area contributed by atoms with Crippen LogP contribution in [0, 0.1) is 6.92 Å². The molecule has 92 valence electrons. The van der Waals surface area contributed by atoms with E-state index in [1.807, 2.05) is 25.1 Å². The monoisotopic (exact) mass is 277 g/mol. The quantitative estimate of drug-likeness (QED) is 0.619. The van der Waals surface area contributed by atoms with Gasteiger partial charge in [0.2, 0.25) is 0 Å². The molecule has 0 N–H and O–H groups in total. The molecule has 0 aliphatic heterocycles. The van der Waals surface area contributed by atoms with E-state index < -0.39 is 0 Å². The Morgan fingerprint density at radius 3 is 2.89 bits per heavy atom. The van der Waals surface area contributed by atoms with Gasteiger partial charge in [-0.3, -0.25) is 0 Å². The zero-order chi connectivity index (χ0) is 12.7. The van der Waals surface area contributed by atoms with Crippen LogP contribution in [0.1, 0.15) is 41.2 Å². The van der Waals surface area contributed by atoms with Crippen molar-refractivity contribution in [2.45, 2.75) is 25.7 Å². The first-order valence-corrected chi connectivity index (χ1v) is 6.71. The summed E-state index contributed by atoms with van der Waals surface area (Å²) in [5.74, 6) is 1.45. The molecule has 0 unspecified atom stereocenters. The van der Waals surface area contributed by atoms with E-state index in [-0.39, 0.29) is 0 Å². The average molecular weight is 278 g/mol. The molecule has 3 rings (SSSR count). The second kappa shape index (κ2) is 4.48. The Bertz CT molecular complexity index is 616. The smallest absolute Gasteiger partial charge is 0.148 e. The molecule has 0 saturated heterocycles. The lowest BCUT2D eigenvalue weighted by molar-refractivity contribution is 0.384. The van der Waals surface area contributed by atoms with E-state index in [1.165, 1.54) is 12.8 Å². The third kappa shape index (κ3) is 2.08. The first-order valence-electron chi connectivity index (χ1n) is 5.92. The molecule has 1 aliphatic rings. The van der Waals surface area contributed by atoms with Crippen LogP contribution in [-0.4, -0.2) is 10.0 Å². The molecule has 4 heteroatoms. The van der Waals surface area contributed by atoms with Crippen molar-refractivity contribution in [3.05, 3.63) is 51.9 Å². The number of aryl methyl sites for hydroxylation is 1. The minimum atomic E-state index is 0.508. The van der Waals surface area contributed by atoms with Crippen molar-refractivity contribution in [2.24, 2.45) is 0 Å². The van der Waals surface area contributed by atoms with Gasteiger partial charge in [-0.15, -0.1) is 0 Å². The minimum absolute atomic E-state index is 0.508. The Balaban J connectivity index is 1.98. The molecule has 1 fully saturated rings. The maximum Gasteiger partial charge on any atom is 0.148 e. The summed E-state index contributed by atoms with van der Waals surface area (Å²) >= 11 is 11.6. The van der Waals surface area contributed by atoms with Crippen molar-refractivity contribution in [1.29, 1.82) is 0 Å². The first-order chi connectivity index (χ1) is 8.66. The number of benzene rings is 1. The Morgan fingerprint density at radius 2 is 2.22 bits per heavy atom. The molecule has 1 aromatic carbocycles. The number of hydrogen-bond acceptors (Lipinski definition) is 3. The van der Waals surface area contributed by atoms with Gasteiger partial charge < -0.3 is 4.52 Å². The Hall–Kier alpha value is -1.19. The predicted molar refractivity (Wildman–Crippen MR) is 75.5 cm³/mol. The number of hydrogen-bond donors (Lipinski definition) is 0. The number of aromatic nitrogens is 1. The van der Waals surface area contributed by atoms with Crippen molar-refractivity contribution in [3.63, 3.8) is 0 Å². The highest BCUT2D eigenvalue weighted by Crippen LogP contribution is 2.42. The third-order valence-electron chi connectivity index (χ3n) is 3.21. The highest BCUT2D eigenvalue weighted by molar-refractivity contribution is 7.81. The lowest BCUT2D eigenvalue weighted by Crippen LogP contribution is -2.01. The summed E-state index contributed by atoms with van der Waals surface area (Å²) < 4.78 is 5.32. The van der Waals surface area contributed by atoms with E-state index in [0.717, 1.165) is 32.3 Å². The van der Waals surface area contributed by atoms with E-state index in [2.05, 4.69) is 5.16 Å². The lowest BCUT2D eigenvalue weighted by atomic mass is 10.0. The fraction of sp³-hybridized carbons (Fsp3) is 0.286. The molecule has 1 heterocycles. The Kier molecular flexibility index (Phi) is 2.96. The van der Waals surface area contributed by atoms with E-state index in [1.54, 1.807) is 6.20 Å². The largest absolute Gasteiger partial charge is 0.360 e. The van der Waals surface area contributed by atoms with Crippen molar-refractivity contribution in [3.8, 4) is 0 Å². The van der Waals surface area contributed by atoms with Crippen LogP contribution in [-0.2, 0) is 0 Å². The van der Waals surface area contributed by atoms with Gasteiger partial charge in [-0.25, -0.2) is 0 Å². The summed E-state index contributed by atoms with van der Waals surface area (Å²) in [4.78, 5) is 0.790. The Morgan fingerprint density at radius 1 is 1.44 bits per heavy atom. The fourth-order valence-electron chi connectivity index (χ4n) is 2.00. The van der Waals surface area contributed by atoms with Crippen molar-refractivity contribution in [2.75, 3.05) is 0 Å². The SMILES string of the molecule is Cc1cc(C(=S)c2cnoc2C2CC2)ccc1Cl. The van der Waals surface area contributed by atoms with Crippen LogP contribution in [0.25, 0.3) is 0 Å². The average Bonchev–Trinajstić information content (AvgIpc) is 3.09. The van der Waals surface area contributed by atoms with E-state index in [4.69, 9.17) is 28.3 Å². The van der Waals surface area contributed by atoms with Gasteiger partial charge in [0.15, 0.2) is 0 Å². The molecule has 2 nitrogen and oxygen atoms in total. The van der Waals surface area contributed by atoms with Gasteiger partial charge in [-0.1, -0.05) is 35.0 Å². The minimum Gasteiger partial charge on any atom is -0.360 e. The molecule has 1 aliphatic carbocycles. The van der Waals surface area contributed by atoms with Crippen molar-refractivity contribution in [1.82, 2.24) is 5.16 Å². The highest BCUT2D eigenvalue weighted by Gasteiger charge is 2.31. The van der Waals surface area contributed by atoms with Gasteiger partial charge in [0.1, 0.15) is 5.76 Å². The van der Waals surface area contributed by atoms with Crippen molar-refractivity contribution < 1.29 is 4.52 Å². The topological polar surface area (TPSA) is 26.0 Å². The number of halogens is 1. The maximum absolute atomic E-state index is 6.03. The van der Waals surface area contributed by atoms with Gasteiger partial charge in [0.25, 0.3) is 0 Å². The van der Waals surface area contributed by atoms with Crippen LogP contribution >= 0.6 is 23.8 Å². The summed E-state index contributed by atoms with van der Waals surface area (Å²) in [6.07, 6.45) is 4.06. The van der Waals surface area contributed by atoms with Gasteiger partial charge in [-0.2, -0.15) is 0 Å². The van der Waals surface area contributed by atoms with Gasteiger partial charge >= 0.3 is 0 Å². The van der Waals surface area contributed by atoms with Gasteiger partial charge in [0.05, 0.1) is 16.6 Å². The zero-order valence-corrected chi connectivity index (χ0v) is 11.5. The predicted octanol–water partition coefficient (Wildman–Crippen LogP) is 4.28. The van der Waals surface area contributed by atoms with Crippen LogP contribution in [0.3, 0.4) is 0 Å². The summed E-state index contributed by atoms with van der Waals surface area (Å²) in [6, 6.07) is 5.83. The molecule has 0 radical (unpaired) electrons. The molecule has 0 spiro atoms. The van der Waals surface area contributed by atoms with E-state index in [0.29, 0.717) is 5.92 Å². The normalized spacial score (nSPS) is 14.8. The molecule has 2 aromatic rings. The summed E-state index contributed by atoms with van der Waals surface area (Å²) in [6.45, 7) is 1.98. The molecular formula is C14H12ClNOS.